The summed E-state index contributed by atoms with van der Waals surface area (Å²) < 4.78 is 5.11. The Morgan fingerprint density at radius 3 is 0.283 bits per heavy atom. The summed E-state index contributed by atoms with van der Waals surface area (Å²) in [6, 6.07) is 0. The van der Waals surface area contributed by atoms with Crippen molar-refractivity contribution in [2.24, 2.45) is 0 Å². The van der Waals surface area contributed by atoms with Gasteiger partial charge in [-0.2, -0.15) is 31.0 Å². The van der Waals surface area contributed by atoms with Gasteiger partial charge in [0, 0.05) is 42.1 Å². The van der Waals surface area contributed by atoms with Crippen LogP contribution in [0.2, 0.25) is 0 Å². The molecule has 0 bridgehead atoms. The van der Waals surface area contributed by atoms with E-state index in [1.54, 1.807) is 0 Å². The summed E-state index contributed by atoms with van der Waals surface area (Å²) in [5, 5.41) is 50.8. The van der Waals surface area contributed by atoms with E-state index < -0.39 is 0 Å². The topological polar surface area (TPSA) is 191 Å². The van der Waals surface area contributed by atoms with E-state index >= 15 is 0 Å². The molecule has 0 saturated heterocycles. The van der Waals surface area contributed by atoms with Gasteiger partial charge in [-0.1, -0.05) is 73.3 Å². The first-order chi connectivity index (χ1) is 25.5. The van der Waals surface area contributed by atoms with Crippen molar-refractivity contribution < 1.29 is 71.0 Å². The molecule has 0 unspecified atom stereocenters. The number of nitrogens with zero attached hydrogens (tertiary/aromatic N) is 10. The van der Waals surface area contributed by atoms with E-state index in [9.17, 15) is 0 Å². The molecule has 0 rings (SSSR count). The molecule has 0 heterocycles. The van der Waals surface area contributed by atoms with E-state index in [0.717, 1.165) is 0 Å². The molecule has 0 N–H and O–H groups in total. The van der Waals surface area contributed by atoms with Gasteiger partial charge in [0.05, 0.1) is 105 Å². The van der Waals surface area contributed by atoms with Gasteiger partial charge in [-0.05, 0) is 111 Å². The molecular weight excluding hydrogens is 1250 g/mol. The standard InChI is InChI=1S/4C8H20N.6CNS.2O.2S.2W/c4*1-5-9(6-2,7-3)8-4;6*2-1-3;;;;;;/h4*5-8H2,1-4H3;;;;;;;;;;;;/q4*+1;6*-1;4*-2;;. The Morgan fingerprint density at radius 2 is 0.283 bits per heavy atom. The van der Waals surface area contributed by atoms with E-state index in [1.165, 1.54) is 154 Å². The van der Waals surface area contributed by atoms with Gasteiger partial charge in [-0.3, -0.25) is 0 Å². The van der Waals surface area contributed by atoms with Crippen molar-refractivity contribution in [3.63, 3.8) is 0 Å². The summed E-state index contributed by atoms with van der Waals surface area (Å²) in [6.45, 7) is 56.9. The van der Waals surface area contributed by atoms with Crippen LogP contribution in [-0.4, -0.2) is 154 Å². The van der Waals surface area contributed by atoms with Crippen LogP contribution in [0.4, 0.5) is 0 Å². The maximum atomic E-state index is 7.13. The smallest absolute Gasteiger partial charge is 0.0757 e. The van der Waals surface area contributed by atoms with E-state index in [-0.39, 0.29) is 80.1 Å². The van der Waals surface area contributed by atoms with Crippen LogP contribution < -0.4 is 0 Å². The largest absolute Gasteiger partial charge is 2.00 e. The second kappa shape index (κ2) is 94.3. The number of rotatable bonds is 16. The molecule has 0 amide bonds. The Bertz CT molecular complexity index is 716. The Balaban J connectivity index is -0.0000000263. The van der Waals surface area contributed by atoms with Crippen molar-refractivity contribution in [2.45, 2.75) is 111 Å². The molecule has 0 aromatic heterocycles. The molecule has 0 aliphatic carbocycles. The molecular formula is C38H80N10O2S8W2-10. The van der Waals surface area contributed by atoms with Crippen molar-refractivity contribution in [1.29, 1.82) is 0 Å². The van der Waals surface area contributed by atoms with Gasteiger partial charge < -0.3 is 88.3 Å². The monoisotopic (exact) mass is 1330 g/mol. The maximum Gasteiger partial charge on any atom is 0.0757 e. The zero-order valence-corrected chi connectivity index (χ0v) is 52.1. The van der Waals surface area contributed by atoms with Crippen molar-refractivity contribution in [1.82, 2.24) is 0 Å². The summed E-state index contributed by atoms with van der Waals surface area (Å²) in [7, 11) is 0. The number of hydrogen-bond donors (Lipinski definition) is 0. The molecule has 0 fully saturated rings. The Kier molecular flexibility index (Phi) is 170. The van der Waals surface area contributed by atoms with Crippen molar-refractivity contribution in [3.05, 3.63) is 32.5 Å². The van der Waals surface area contributed by atoms with Crippen LogP contribution in [0.25, 0.3) is 32.5 Å². The second-order valence-electron chi connectivity index (χ2n) is 11.0. The predicted molar refractivity (Wildman–Crippen MR) is 282 cm³/mol. The minimum atomic E-state index is 0. The fraction of sp³-hybridized carbons (Fsp3) is 0.842. The summed E-state index contributed by atoms with van der Waals surface area (Å²) in [4.78, 5) is 0. The molecule has 60 heavy (non-hydrogen) atoms. The van der Waals surface area contributed by atoms with Crippen molar-refractivity contribution >= 4 is 131 Å². The van der Waals surface area contributed by atoms with Gasteiger partial charge in [0.15, 0.2) is 0 Å². The van der Waals surface area contributed by atoms with Gasteiger partial charge in [-0.25, -0.2) is 0 Å². The van der Waals surface area contributed by atoms with E-state index in [1.807, 2.05) is 0 Å². The molecule has 12 nitrogen and oxygen atoms in total. The number of isothiocyanates is 6. The Hall–Kier alpha value is 0.637. The molecule has 0 aliphatic rings. The van der Waals surface area contributed by atoms with Gasteiger partial charge >= 0.3 is 0 Å². The Labute approximate surface area is 446 Å². The van der Waals surface area contributed by atoms with E-state index in [4.69, 9.17) is 32.5 Å². The molecule has 0 atom stereocenters. The van der Waals surface area contributed by atoms with Gasteiger partial charge in [0.2, 0.25) is 0 Å². The molecule has 0 aromatic carbocycles. The minimum absolute atomic E-state index is 0. The van der Waals surface area contributed by atoms with Crippen LogP contribution in [0.5, 0.6) is 0 Å². The van der Waals surface area contributed by atoms with Crippen molar-refractivity contribution in [3.8, 4) is 0 Å². The summed E-state index contributed by atoms with van der Waals surface area (Å²) in [5.74, 6) is 0. The molecule has 364 valence electrons. The Morgan fingerprint density at radius 1 is 0.250 bits per heavy atom. The summed E-state index contributed by atoms with van der Waals surface area (Å²) >= 11 is 22.2. The van der Waals surface area contributed by atoms with Gasteiger partial charge in [0.1, 0.15) is 0 Å². The molecule has 22 heteroatoms. The van der Waals surface area contributed by atoms with Crippen LogP contribution >= 0.6 is 73.3 Å². The van der Waals surface area contributed by atoms with Crippen LogP contribution in [0.3, 0.4) is 0 Å². The minimum Gasteiger partial charge on any atom is -2.00 e. The predicted octanol–water partition coefficient (Wildman–Crippen LogP) is 11.2. The maximum absolute atomic E-state index is 7.13. The first kappa shape index (κ1) is 108. The number of quaternary nitrogens is 4. The summed E-state index contributed by atoms with van der Waals surface area (Å²) in [5.41, 5.74) is 0. The zero-order chi connectivity index (χ0) is 45.6. The average molecular weight is 1330 g/mol. The third kappa shape index (κ3) is 82.3. The zero-order valence-electron chi connectivity index (χ0n) is 39.7. The second-order valence-corrected chi connectivity index (χ2v) is 12.1. The normalized spacial score (nSPS) is 8.00. The third-order valence-corrected chi connectivity index (χ3v) is 10.7. The first-order valence-electron chi connectivity index (χ1n) is 18.9. The fourth-order valence-electron chi connectivity index (χ4n) is 5.37. The van der Waals surface area contributed by atoms with Gasteiger partial charge in [0.25, 0.3) is 0 Å². The molecule has 0 saturated carbocycles. The first-order valence-corrected chi connectivity index (χ1v) is 21.4. The average Bonchev–Trinajstić information content (AvgIpc) is 3.19. The van der Waals surface area contributed by atoms with E-state index in [2.05, 4.69) is 184 Å². The number of thiocarbonyl (C=S) groups is 6. The van der Waals surface area contributed by atoms with Crippen LogP contribution in [-0.2, 0) is 80.1 Å². The van der Waals surface area contributed by atoms with Crippen LogP contribution in [0.15, 0.2) is 0 Å². The summed E-state index contributed by atoms with van der Waals surface area (Å²) in [6.07, 6.45) is 0. The molecule has 0 aromatic rings. The SMILES string of the molecule is CC[N+](CC)(CC)CC.CC[N+](CC)(CC)CC.CC[N+](CC)(CC)CC.CC[N+](CC)(CC)CC.[N-]=C=S.[N-]=C=S.[N-]=C=S.[N-]=C=S.[N-]=C=S.[N-]=C=S.[O-2].[O-2].[S-2].[S-2].[W].[W]. The quantitative estimate of drug-likeness (QED) is 0.0839. The number of hydrogen-bond acceptors (Lipinski definition) is 6. The van der Waals surface area contributed by atoms with Crippen LogP contribution in [0.1, 0.15) is 111 Å². The molecule has 0 radical (unpaired) electrons. The van der Waals surface area contributed by atoms with E-state index in [0.29, 0.717) is 0 Å². The fourth-order valence-corrected chi connectivity index (χ4v) is 5.37. The van der Waals surface area contributed by atoms with Gasteiger partial charge in [-0.15, -0.1) is 0 Å². The third-order valence-electron chi connectivity index (χ3n) is 10.7. The molecule has 0 aliphatic heterocycles. The van der Waals surface area contributed by atoms with Crippen LogP contribution in [0, 0.1) is 0 Å². The van der Waals surface area contributed by atoms with Crippen molar-refractivity contribution in [2.75, 3.05) is 105 Å². The molecule has 0 spiro atoms.